The lowest BCUT2D eigenvalue weighted by Gasteiger charge is -2.04. The Balaban J connectivity index is 2.30. The summed E-state index contributed by atoms with van der Waals surface area (Å²) in [5.74, 6) is 0.465. The molecule has 2 rings (SSSR count). The molecule has 0 atom stereocenters. The second kappa shape index (κ2) is 5.71. The minimum absolute atomic E-state index is 0.465. The molecule has 0 amide bonds. The molecule has 92 valence electrons. The Morgan fingerprint density at radius 1 is 1.41 bits per heavy atom. The van der Waals surface area contributed by atoms with Gasteiger partial charge in [0.25, 0.3) is 0 Å². The molecule has 5 heteroatoms. The zero-order chi connectivity index (χ0) is 12.3. The third-order valence-corrected chi connectivity index (χ3v) is 4.14. The van der Waals surface area contributed by atoms with Gasteiger partial charge in [-0.1, -0.05) is 20.8 Å². The van der Waals surface area contributed by atoms with E-state index in [2.05, 4.69) is 36.5 Å². The Morgan fingerprint density at radius 2 is 2.24 bits per heavy atom. The molecule has 2 aromatic rings. The molecule has 0 aliphatic heterocycles. The first kappa shape index (κ1) is 12.7. The van der Waals surface area contributed by atoms with Gasteiger partial charge in [-0.2, -0.15) is 0 Å². The number of rotatable bonds is 5. The van der Waals surface area contributed by atoms with Gasteiger partial charge in [0.2, 0.25) is 0 Å². The maximum Gasteiger partial charge on any atom is 0.143 e. The van der Waals surface area contributed by atoms with Crippen LogP contribution in [-0.4, -0.2) is 16.5 Å². The van der Waals surface area contributed by atoms with E-state index in [0.717, 1.165) is 23.8 Å². The topological polar surface area (TPSA) is 37.8 Å². The minimum atomic E-state index is 0.465. The third kappa shape index (κ3) is 2.91. The van der Waals surface area contributed by atoms with Gasteiger partial charge in [-0.05, 0) is 12.5 Å². The van der Waals surface area contributed by atoms with Gasteiger partial charge < -0.3 is 5.32 Å². The molecule has 0 aromatic carbocycles. The summed E-state index contributed by atoms with van der Waals surface area (Å²) in [6, 6.07) is 0. The summed E-state index contributed by atoms with van der Waals surface area (Å²) in [7, 11) is 0. The molecular weight excluding hydrogens is 250 g/mol. The van der Waals surface area contributed by atoms with E-state index in [-0.39, 0.29) is 0 Å². The molecule has 3 nitrogen and oxygen atoms in total. The lowest BCUT2D eigenvalue weighted by Crippen LogP contribution is -2.12. The van der Waals surface area contributed by atoms with E-state index >= 15 is 0 Å². The highest BCUT2D eigenvalue weighted by molar-refractivity contribution is 7.15. The lowest BCUT2D eigenvalue weighted by molar-refractivity contribution is 0.714. The Kier molecular flexibility index (Phi) is 4.25. The Bertz CT molecular complexity index is 460. The number of thiazole rings is 2. The van der Waals surface area contributed by atoms with Crippen molar-refractivity contribution >= 4 is 22.7 Å². The van der Waals surface area contributed by atoms with Gasteiger partial charge in [0.1, 0.15) is 10.7 Å². The molecule has 2 aromatic heterocycles. The summed E-state index contributed by atoms with van der Waals surface area (Å²) in [6.07, 6.45) is 0. The SMILES string of the molecule is CCNCc1sc(-c2cscn2)nc1C(C)C. The highest BCUT2D eigenvalue weighted by Gasteiger charge is 2.15. The van der Waals surface area contributed by atoms with Crippen molar-refractivity contribution in [1.82, 2.24) is 15.3 Å². The molecule has 17 heavy (non-hydrogen) atoms. The molecule has 0 bridgehead atoms. The van der Waals surface area contributed by atoms with Crippen molar-refractivity contribution in [3.05, 3.63) is 21.5 Å². The highest BCUT2D eigenvalue weighted by atomic mass is 32.1. The van der Waals surface area contributed by atoms with Crippen LogP contribution < -0.4 is 5.32 Å². The summed E-state index contributed by atoms with van der Waals surface area (Å²) in [6.45, 7) is 8.40. The number of aromatic nitrogens is 2. The average molecular weight is 267 g/mol. The normalized spacial score (nSPS) is 11.3. The number of nitrogens with one attached hydrogen (secondary N) is 1. The molecule has 1 N–H and O–H groups in total. The molecule has 0 spiro atoms. The fourth-order valence-corrected chi connectivity index (χ4v) is 3.37. The van der Waals surface area contributed by atoms with Crippen LogP contribution in [0.3, 0.4) is 0 Å². The Labute approximate surface area is 110 Å². The van der Waals surface area contributed by atoms with E-state index in [1.54, 1.807) is 22.7 Å². The molecule has 0 radical (unpaired) electrons. The van der Waals surface area contributed by atoms with Crippen LogP contribution in [0.25, 0.3) is 10.7 Å². The second-order valence-electron chi connectivity index (χ2n) is 4.14. The van der Waals surface area contributed by atoms with Crippen molar-refractivity contribution in [3.8, 4) is 10.7 Å². The van der Waals surface area contributed by atoms with Gasteiger partial charge in [-0.3, -0.25) is 0 Å². The second-order valence-corrected chi connectivity index (χ2v) is 5.94. The fourth-order valence-electron chi connectivity index (χ4n) is 1.61. The predicted molar refractivity (Wildman–Crippen MR) is 74.7 cm³/mol. The maximum atomic E-state index is 4.73. The summed E-state index contributed by atoms with van der Waals surface area (Å²) >= 11 is 3.37. The Morgan fingerprint density at radius 3 is 2.82 bits per heavy atom. The van der Waals surface area contributed by atoms with Crippen molar-refractivity contribution < 1.29 is 0 Å². The van der Waals surface area contributed by atoms with Gasteiger partial charge in [0.05, 0.1) is 11.2 Å². The van der Waals surface area contributed by atoms with E-state index in [4.69, 9.17) is 4.98 Å². The first-order chi connectivity index (χ1) is 8.22. The predicted octanol–water partition coefficient (Wildman–Crippen LogP) is 3.50. The average Bonchev–Trinajstić information content (AvgIpc) is 2.94. The van der Waals surface area contributed by atoms with Gasteiger partial charge in [-0.15, -0.1) is 22.7 Å². The van der Waals surface area contributed by atoms with Crippen LogP contribution in [0.4, 0.5) is 0 Å². The van der Waals surface area contributed by atoms with Crippen LogP contribution in [-0.2, 0) is 6.54 Å². The number of nitrogens with zero attached hydrogens (tertiary/aromatic N) is 2. The van der Waals surface area contributed by atoms with Crippen LogP contribution in [0.5, 0.6) is 0 Å². The molecule has 0 saturated carbocycles. The van der Waals surface area contributed by atoms with Crippen molar-refractivity contribution in [2.24, 2.45) is 0 Å². The van der Waals surface area contributed by atoms with Crippen LogP contribution in [0.1, 0.15) is 37.3 Å². The Hall–Kier alpha value is -0.780. The summed E-state index contributed by atoms with van der Waals surface area (Å²) < 4.78 is 0. The number of hydrogen-bond acceptors (Lipinski definition) is 5. The summed E-state index contributed by atoms with van der Waals surface area (Å²) in [4.78, 5) is 10.4. The van der Waals surface area contributed by atoms with Crippen LogP contribution in [0, 0.1) is 0 Å². The standard InChI is InChI=1S/C12H17N3S2/c1-4-13-5-10-11(8(2)3)15-12(17-10)9-6-16-7-14-9/h6-8,13H,4-5H2,1-3H3. The van der Waals surface area contributed by atoms with E-state index in [1.165, 1.54) is 10.6 Å². The zero-order valence-electron chi connectivity index (χ0n) is 10.4. The first-order valence-electron chi connectivity index (χ1n) is 5.81. The van der Waals surface area contributed by atoms with Crippen molar-refractivity contribution in [2.45, 2.75) is 33.2 Å². The van der Waals surface area contributed by atoms with Gasteiger partial charge in [0, 0.05) is 16.8 Å². The van der Waals surface area contributed by atoms with E-state index in [1.807, 2.05) is 5.51 Å². The molecule has 0 aliphatic carbocycles. The number of hydrogen-bond donors (Lipinski definition) is 1. The van der Waals surface area contributed by atoms with Crippen molar-refractivity contribution in [2.75, 3.05) is 6.54 Å². The van der Waals surface area contributed by atoms with Gasteiger partial charge in [0.15, 0.2) is 0 Å². The monoisotopic (exact) mass is 267 g/mol. The third-order valence-electron chi connectivity index (χ3n) is 2.46. The zero-order valence-corrected chi connectivity index (χ0v) is 12.0. The van der Waals surface area contributed by atoms with Gasteiger partial charge in [-0.25, -0.2) is 9.97 Å². The van der Waals surface area contributed by atoms with Crippen LogP contribution in [0.2, 0.25) is 0 Å². The van der Waals surface area contributed by atoms with Crippen molar-refractivity contribution in [3.63, 3.8) is 0 Å². The molecular formula is C12H17N3S2. The quantitative estimate of drug-likeness (QED) is 0.901. The van der Waals surface area contributed by atoms with E-state index in [0.29, 0.717) is 5.92 Å². The van der Waals surface area contributed by atoms with Gasteiger partial charge >= 0.3 is 0 Å². The molecule has 0 unspecified atom stereocenters. The van der Waals surface area contributed by atoms with E-state index < -0.39 is 0 Å². The van der Waals surface area contributed by atoms with Crippen molar-refractivity contribution in [1.29, 1.82) is 0 Å². The van der Waals surface area contributed by atoms with Crippen LogP contribution >= 0.6 is 22.7 Å². The summed E-state index contributed by atoms with van der Waals surface area (Å²) in [5.41, 5.74) is 4.07. The van der Waals surface area contributed by atoms with Crippen LogP contribution in [0.15, 0.2) is 10.9 Å². The largest absolute Gasteiger partial charge is 0.312 e. The summed E-state index contributed by atoms with van der Waals surface area (Å²) in [5, 5.41) is 6.47. The molecule has 0 aliphatic rings. The smallest absolute Gasteiger partial charge is 0.143 e. The highest BCUT2D eigenvalue weighted by Crippen LogP contribution is 2.31. The minimum Gasteiger partial charge on any atom is -0.312 e. The van der Waals surface area contributed by atoms with E-state index in [9.17, 15) is 0 Å². The molecule has 0 fully saturated rings. The molecule has 2 heterocycles. The maximum absolute atomic E-state index is 4.73. The first-order valence-corrected chi connectivity index (χ1v) is 7.57. The lowest BCUT2D eigenvalue weighted by atomic mass is 10.1. The molecule has 0 saturated heterocycles. The fraction of sp³-hybridized carbons (Fsp3) is 0.500.